The molecule has 0 N–H and O–H groups in total. The molecule has 0 fully saturated rings. The summed E-state index contributed by atoms with van der Waals surface area (Å²) in [7, 11) is -2.57. The van der Waals surface area contributed by atoms with Gasteiger partial charge in [-0.2, -0.15) is 0 Å². The Morgan fingerprint density at radius 1 is 1.28 bits per heavy atom. The largest absolute Gasteiger partial charge is 0.546 e. The molecule has 9 heteroatoms. The lowest BCUT2D eigenvalue weighted by molar-refractivity contribution is -0.313. The van der Waals surface area contributed by atoms with Crippen molar-refractivity contribution in [2.75, 3.05) is 18.0 Å². The topological polar surface area (TPSA) is 96.0 Å². The second-order valence-corrected chi connectivity index (χ2v) is 7.55. The first-order valence-electron chi connectivity index (χ1n) is 7.17. The van der Waals surface area contributed by atoms with E-state index in [-0.39, 0.29) is 16.3 Å². The maximum Gasteiger partial charge on any atom is 0.264 e. The quantitative estimate of drug-likeness (QED) is 0.784. The van der Waals surface area contributed by atoms with E-state index in [0.717, 1.165) is 4.31 Å². The third-order valence-electron chi connectivity index (χ3n) is 3.70. The fourth-order valence-electron chi connectivity index (χ4n) is 2.45. The number of aliphatic carboxylic acids is 1. The highest BCUT2D eigenvalue weighted by atomic mass is 35.5. The van der Waals surface area contributed by atoms with Crippen molar-refractivity contribution in [1.29, 1.82) is 0 Å². The van der Waals surface area contributed by atoms with Crippen LogP contribution in [-0.4, -0.2) is 34.1 Å². The number of halogens is 1. The Kier molecular flexibility index (Phi) is 4.49. The second kappa shape index (κ2) is 6.45. The average molecular weight is 383 g/mol. The zero-order valence-corrected chi connectivity index (χ0v) is 14.6. The van der Waals surface area contributed by atoms with Crippen molar-refractivity contribution in [1.82, 2.24) is 0 Å². The van der Waals surface area contributed by atoms with E-state index < -0.39 is 28.6 Å². The monoisotopic (exact) mass is 382 g/mol. The highest BCUT2D eigenvalue weighted by Gasteiger charge is 2.35. The summed E-state index contributed by atoms with van der Waals surface area (Å²) in [4.78, 5) is 11.2. The summed E-state index contributed by atoms with van der Waals surface area (Å²) < 4.78 is 37.3. The fourth-order valence-corrected chi connectivity index (χ4v) is 4.08. The predicted molar refractivity (Wildman–Crippen MR) is 88.4 cm³/mol. The Hall–Kier alpha value is -2.45. The first kappa shape index (κ1) is 17.4. The van der Waals surface area contributed by atoms with E-state index in [1.54, 1.807) is 0 Å². The van der Waals surface area contributed by atoms with Gasteiger partial charge in [-0.3, -0.25) is 4.31 Å². The van der Waals surface area contributed by atoms with Crippen LogP contribution in [0.2, 0.25) is 5.02 Å². The Morgan fingerprint density at radius 3 is 2.56 bits per heavy atom. The maximum atomic E-state index is 13.0. The van der Waals surface area contributed by atoms with Crippen LogP contribution >= 0.6 is 11.6 Å². The molecule has 7 nitrogen and oxygen atoms in total. The van der Waals surface area contributed by atoms with Crippen LogP contribution in [0.4, 0.5) is 5.69 Å². The number of sulfonamides is 1. The van der Waals surface area contributed by atoms with Gasteiger partial charge in [0.15, 0.2) is 6.10 Å². The van der Waals surface area contributed by atoms with E-state index in [9.17, 15) is 18.3 Å². The summed E-state index contributed by atoms with van der Waals surface area (Å²) in [5.41, 5.74) is 0.167. The molecule has 0 saturated heterocycles. The van der Waals surface area contributed by atoms with Crippen molar-refractivity contribution in [2.24, 2.45) is 0 Å². The van der Waals surface area contributed by atoms with E-state index in [1.807, 2.05) is 0 Å². The minimum atomic E-state index is -4.04. The summed E-state index contributed by atoms with van der Waals surface area (Å²) in [6, 6.07) is 10.1. The molecule has 2 aromatic rings. The van der Waals surface area contributed by atoms with Crippen LogP contribution in [0, 0.1) is 0 Å². The maximum absolute atomic E-state index is 13.0. The lowest BCUT2D eigenvalue weighted by Crippen LogP contribution is -2.51. The lowest BCUT2D eigenvalue weighted by Gasteiger charge is -2.35. The number of hydrogen-bond donors (Lipinski definition) is 0. The molecule has 1 aliphatic heterocycles. The van der Waals surface area contributed by atoms with Crippen LogP contribution in [-0.2, 0) is 14.8 Å². The molecule has 2 aromatic carbocycles. The van der Waals surface area contributed by atoms with Crippen LogP contribution in [0.5, 0.6) is 11.5 Å². The number of ether oxygens (including phenoxy) is 2. The number of nitrogens with zero attached hydrogens (tertiary/aromatic N) is 1. The number of carbonyl (C=O) groups is 1. The van der Waals surface area contributed by atoms with Crippen molar-refractivity contribution in [3.63, 3.8) is 0 Å². The molecule has 0 radical (unpaired) electrons. The number of hydrogen-bond acceptors (Lipinski definition) is 6. The molecule has 0 aliphatic carbocycles. The van der Waals surface area contributed by atoms with Gasteiger partial charge in [0.2, 0.25) is 0 Å². The van der Waals surface area contributed by atoms with Gasteiger partial charge in [-0.05, 0) is 42.5 Å². The molecular weight excluding hydrogens is 370 g/mol. The highest BCUT2D eigenvalue weighted by Crippen LogP contribution is 2.38. The first-order valence-corrected chi connectivity index (χ1v) is 8.98. The van der Waals surface area contributed by atoms with Crippen LogP contribution in [0.15, 0.2) is 47.4 Å². The summed E-state index contributed by atoms with van der Waals surface area (Å²) in [5, 5.41) is 11.5. The van der Waals surface area contributed by atoms with Gasteiger partial charge in [0.1, 0.15) is 11.5 Å². The van der Waals surface area contributed by atoms with Gasteiger partial charge >= 0.3 is 0 Å². The SMILES string of the molecule is COc1ccc(S(=O)(=O)N2C[C@@H](C(=O)[O-])Oc3ccc(Cl)cc32)cc1. The molecule has 1 heterocycles. The Bertz CT molecular complexity index is 913. The third kappa shape index (κ3) is 3.22. The van der Waals surface area contributed by atoms with Crippen molar-refractivity contribution in [3.8, 4) is 11.5 Å². The molecule has 0 amide bonds. The van der Waals surface area contributed by atoms with Crippen LogP contribution < -0.4 is 18.9 Å². The number of carbonyl (C=O) groups excluding carboxylic acids is 1. The molecule has 25 heavy (non-hydrogen) atoms. The summed E-state index contributed by atoms with van der Waals surface area (Å²) in [6.45, 7) is -0.427. The molecule has 1 atom stereocenters. The number of carboxylic acid groups (broad SMARTS) is 1. The zero-order chi connectivity index (χ0) is 18.2. The Balaban J connectivity index is 2.09. The van der Waals surface area contributed by atoms with Crippen LogP contribution in [0.1, 0.15) is 0 Å². The van der Waals surface area contributed by atoms with E-state index in [4.69, 9.17) is 21.1 Å². The molecule has 0 unspecified atom stereocenters. The van der Waals surface area contributed by atoms with E-state index in [2.05, 4.69) is 0 Å². The second-order valence-electron chi connectivity index (χ2n) is 5.25. The van der Waals surface area contributed by atoms with E-state index in [1.165, 1.54) is 49.6 Å². The minimum Gasteiger partial charge on any atom is -0.546 e. The molecule has 3 rings (SSSR count). The number of carboxylic acids is 1. The van der Waals surface area contributed by atoms with Crippen LogP contribution in [0.25, 0.3) is 0 Å². The van der Waals surface area contributed by atoms with Crippen molar-refractivity contribution in [2.45, 2.75) is 11.0 Å². The fraction of sp³-hybridized carbons (Fsp3) is 0.188. The molecule has 0 saturated carbocycles. The lowest BCUT2D eigenvalue weighted by atomic mass is 10.2. The summed E-state index contributed by atoms with van der Waals surface area (Å²) in [6.07, 6.45) is -1.43. The molecular formula is C16H13ClNO6S-. The first-order chi connectivity index (χ1) is 11.8. The van der Waals surface area contributed by atoms with E-state index >= 15 is 0 Å². The van der Waals surface area contributed by atoms with Gasteiger partial charge in [-0.1, -0.05) is 11.6 Å². The van der Waals surface area contributed by atoms with Crippen molar-refractivity contribution in [3.05, 3.63) is 47.5 Å². The van der Waals surface area contributed by atoms with Gasteiger partial charge in [0.25, 0.3) is 10.0 Å². The van der Waals surface area contributed by atoms with Crippen molar-refractivity contribution >= 4 is 33.3 Å². The zero-order valence-electron chi connectivity index (χ0n) is 13.0. The standard InChI is InChI=1S/C16H14ClNO6S/c1-23-11-3-5-12(6-4-11)25(21,22)18-9-15(16(19)20)24-14-7-2-10(17)8-13(14)18/h2-8,15H,9H2,1H3,(H,19,20)/p-1/t15-/m0/s1. The number of methoxy groups -OCH3 is 1. The van der Waals surface area contributed by atoms with Gasteiger partial charge in [-0.15, -0.1) is 0 Å². The van der Waals surface area contributed by atoms with Gasteiger partial charge in [-0.25, -0.2) is 8.42 Å². The third-order valence-corrected chi connectivity index (χ3v) is 5.73. The Morgan fingerprint density at radius 2 is 1.96 bits per heavy atom. The van der Waals surface area contributed by atoms with Gasteiger partial charge < -0.3 is 19.4 Å². The van der Waals surface area contributed by atoms with E-state index in [0.29, 0.717) is 10.8 Å². The smallest absolute Gasteiger partial charge is 0.264 e. The molecule has 132 valence electrons. The number of anilines is 1. The summed E-state index contributed by atoms with van der Waals surface area (Å²) >= 11 is 5.95. The van der Waals surface area contributed by atoms with Gasteiger partial charge in [0.05, 0.1) is 30.2 Å². The predicted octanol–water partition coefficient (Wildman–Crippen LogP) is 1.05. The van der Waals surface area contributed by atoms with Crippen LogP contribution in [0.3, 0.4) is 0 Å². The highest BCUT2D eigenvalue weighted by molar-refractivity contribution is 7.92. The van der Waals surface area contributed by atoms with Gasteiger partial charge in [0, 0.05) is 5.02 Å². The normalized spacial score (nSPS) is 16.7. The number of fused-ring (bicyclic) bond motifs is 1. The number of rotatable bonds is 4. The average Bonchev–Trinajstić information content (AvgIpc) is 2.60. The molecule has 0 bridgehead atoms. The van der Waals surface area contributed by atoms with Crippen molar-refractivity contribution < 1.29 is 27.8 Å². The molecule has 0 spiro atoms. The number of benzene rings is 2. The molecule has 1 aliphatic rings. The molecule has 0 aromatic heterocycles. The minimum absolute atomic E-state index is 0.0155. The summed E-state index contributed by atoms with van der Waals surface area (Å²) in [5.74, 6) is -0.908. The Labute approximate surface area is 149 Å².